The summed E-state index contributed by atoms with van der Waals surface area (Å²) in [6, 6.07) is 9.13. The normalized spacial score (nSPS) is 23.6. The average Bonchev–Trinajstić information content (AvgIpc) is 2.55. The Hall–Kier alpha value is -2.30. The van der Waals surface area contributed by atoms with Gasteiger partial charge in [-0.3, -0.25) is 4.79 Å². The number of allylic oxidation sites excluding steroid dienone is 1. The number of hydrogen-bond donors (Lipinski definition) is 1. The van der Waals surface area contributed by atoms with Gasteiger partial charge in [0.05, 0.1) is 19.1 Å². The van der Waals surface area contributed by atoms with E-state index in [0.29, 0.717) is 6.42 Å². The molecular formula is C17H21NO4. The first-order valence-corrected chi connectivity index (χ1v) is 7.33. The molecule has 5 heteroatoms. The molecule has 0 heterocycles. The van der Waals surface area contributed by atoms with Gasteiger partial charge in [-0.15, -0.1) is 0 Å². The molecule has 1 aliphatic carbocycles. The van der Waals surface area contributed by atoms with Gasteiger partial charge in [0.15, 0.2) is 0 Å². The number of alkyl carbamates (subject to hydrolysis) is 1. The summed E-state index contributed by atoms with van der Waals surface area (Å²) < 4.78 is 10.0. The van der Waals surface area contributed by atoms with Crippen LogP contribution in [0.2, 0.25) is 0 Å². The van der Waals surface area contributed by atoms with Gasteiger partial charge in [0.25, 0.3) is 0 Å². The molecule has 0 fully saturated rings. The van der Waals surface area contributed by atoms with Crippen LogP contribution in [0, 0.1) is 11.8 Å². The number of carbonyl (C=O) groups is 2. The van der Waals surface area contributed by atoms with Gasteiger partial charge >= 0.3 is 12.1 Å². The Labute approximate surface area is 130 Å². The van der Waals surface area contributed by atoms with E-state index >= 15 is 0 Å². The lowest BCUT2D eigenvalue weighted by atomic mass is 9.82. The first-order valence-electron chi connectivity index (χ1n) is 7.33. The Morgan fingerprint density at radius 1 is 1.27 bits per heavy atom. The van der Waals surface area contributed by atoms with E-state index in [1.807, 2.05) is 49.4 Å². The minimum atomic E-state index is -0.523. The predicted octanol–water partition coefficient (Wildman–Crippen LogP) is 2.67. The van der Waals surface area contributed by atoms with Crippen molar-refractivity contribution in [2.45, 2.75) is 26.0 Å². The predicted molar refractivity (Wildman–Crippen MR) is 82.0 cm³/mol. The zero-order chi connectivity index (χ0) is 15.9. The summed E-state index contributed by atoms with van der Waals surface area (Å²) in [5.74, 6) is -0.652. The fraction of sp³-hybridized carbons (Fsp3) is 0.412. The van der Waals surface area contributed by atoms with Crippen LogP contribution in [0.4, 0.5) is 4.79 Å². The van der Waals surface area contributed by atoms with E-state index in [1.54, 1.807) is 0 Å². The molecule has 118 valence electrons. The Morgan fingerprint density at radius 3 is 2.68 bits per heavy atom. The standard InChI is InChI=1S/C17H21NO4/c1-12-7-6-10-14(16(19)21-2)15(12)18-17(20)22-11-13-8-4-3-5-9-13/h3-9,12,14-15H,10-11H2,1-2H3,(H,18,20)/t12-,14+,15-/m1/s1. The molecular weight excluding hydrogens is 282 g/mol. The molecule has 0 bridgehead atoms. The van der Waals surface area contributed by atoms with Crippen LogP contribution >= 0.6 is 0 Å². The minimum Gasteiger partial charge on any atom is -0.469 e. The van der Waals surface area contributed by atoms with Crippen LogP contribution in [0.5, 0.6) is 0 Å². The fourth-order valence-corrected chi connectivity index (χ4v) is 2.60. The number of esters is 1. The smallest absolute Gasteiger partial charge is 0.407 e. The first-order chi connectivity index (χ1) is 10.6. The Bertz CT molecular complexity index is 541. The number of methoxy groups -OCH3 is 1. The number of carbonyl (C=O) groups excluding carboxylic acids is 2. The molecule has 0 radical (unpaired) electrons. The molecule has 0 unspecified atom stereocenters. The first kappa shape index (κ1) is 16.1. The molecule has 0 spiro atoms. The van der Waals surface area contributed by atoms with Crippen LogP contribution in [0.1, 0.15) is 18.9 Å². The van der Waals surface area contributed by atoms with Gasteiger partial charge in [-0.2, -0.15) is 0 Å². The topological polar surface area (TPSA) is 64.6 Å². The Balaban J connectivity index is 1.93. The zero-order valence-electron chi connectivity index (χ0n) is 12.8. The van der Waals surface area contributed by atoms with Gasteiger partial charge in [0.1, 0.15) is 6.61 Å². The van der Waals surface area contributed by atoms with E-state index in [2.05, 4.69) is 5.32 Å². The van der Waals surface area contributed by atoms with Gasteiger partial charge in [-0.1, -0.05) is 49.4 Å². The van der Waals surface area contributed by atoms with Gasteiger partial charge in [0, 0.05) is 0 Å². The van der Waals surface area contributed by atoms with Crippen molar-refractivity contribution in [2.24, 2.45) is 11.8 Å². The zero-order valence-corrected chi connectivity index (χ0v) is 12.8. The maximum Gasteiger partial charge on any atom is 0.407 e. The minimum absolute atomic E-state index is 0.0436. The van der Waals surface area contributed by atoms with Crippen LogP contribution < -0.4 is 5.32 Å². The molecule has 1 N–H and O–H groups in total. The highest BCUT2D eigenvalue weighted by Crippen LogP contribution is 2.25. The van der Waals surface area contributed by atoms with Crippen LogP contribution in [0.15, 0.2) is 42.5 Å². The number of benzene rings is 1. The van der Waals surface area contributed by atoms with Crippen LogP contribution in [-0.4, -0.2) is 25.2 Å². The van der Waals surface area contributed by atoms with E-state index in [-0.39, 0.29) is 30.5 Å². The highest BCUT2D eigenvalue weighted by Gasteiger charge is 2.35. The summed E-state index contributed by atoms with van der Waals surface area (Å²) in [7, 11) is 1.36. The second kappa shape index (κ2) is 7.64. The molecule has 0 saturated heterocycles. The van der Waals surface area contributed by atoms with Crippen molar-refractivity contribution in [2.75, 3.05) is 7.11 Å². The average molecular weight is 303 g/mol. The summed E-state index contributed by atoms with van der Waals surface area (Å²) >= 11 is 0. The second-order valence-corrected chi connectivity index (χ2v) is 5.38. The third kappa shape index (κ3) is 4.10. The van der Waals surface area contributed by atoms with E-state index in [9.17, 15) is 9.59 Å². The third-order valence-corrected chi connectivity index (χ3v) is 3.83. The molecule has 5 nitrogen and oxygen atoms in total. The molecule has 3 atom stereocenters. The quantitative estimate of drug-likeness (QED) is 0.686. The van der Waals surface area contributed by atoms with Crippen molar-refractivity contribution in [3.05, 3.63) is 48.0 Å². The second-order valence-electron chi connectivity index (χ2n) is 5.38. The number of nitrogens with one attached hydrogen (secondary N) is 1. The SMILES string of the molecule is COC(=O)[C@H]1CC=C[C@@H](C)[C@H]1NC(=O)OCc1ccccc1. The van der Waals surface area contributed by atoms with E-state index in [4.69, 9.17) is 9.47 Å². The van der Waals surface area contributed by atoms with Crippen LogP contribution in [-0.2, 0) is 20.9 Å². The molecule has 22 heavy (non-hydrogen) atoms. The molecule has 1 aromatic carbocycles. The summed E-state index contributed by atoms with van der Waals surface area (Å²) in [5, 5.41) is 2.79. The van der Waals surface area contributed by atoms with Crippen molar-refractivity contribution in [1.82, 2.24) is 5.32 Å². The summed E-state index contributed by atoms with van der Waals surface area (Å²) in [6.07, 6.45) is 3.96. The number of rotatable bonds is 4. The Morgan fingerprint density at radius 2 is 2.00 bits per heavy atom. The molecule has 1 amide bonds. The van der Waals surface area contributed by atoms with Crippen LogP contribution in [0.25, 0.3) is 0 Å². The summed E-state index contributed by atoms with van der Waals surface area (Å²) in [5.41, 5.74) is 0.916. The molecule has 1 aliphatic rings. The number of hydrogen-bond acceptors (Lipinski definition) is 4. The fourth-order valence-electron chi connectivity index (χ4n) is 2.60. The molecule has 0 aromatic heterocycles. The molecule has 0 aliphatic heterocycles. The van der Waals surface area contributed by atoms with Gasteiger partial charge in [-0.25, -0.2) is 4.79 Å². The van der Waals surface area contributed by atoms with E-state index in [0.717, 1.165) is 5.56 Å². The maximum absolute atomic E-state index is 12.0. The van der Waals surface area contributed by atoms with Crippen molar-refractivity contribution in [3.8, 4) is 0 Å². The van der Waals surface area contributed by atoms with Crippen molar-refractivity contribution >= 4 is 12.1 Å². The maximum atomic E-state index is 12.0. The van der Waals surface area contributed by atoms with Gasteiger partial charge < -0.3 is 14.8 Å². The molecule has 0 saturated carbocycles. The third-order valence-electron chi connectivity index (χ3n) is 3.83. The van der Waals surface area contributed by atoms with Crippen molar-refractivity contribution in [3.63, 3.8) is 0 Å². The summed E-state index contributed by atoms with van der Waals surface area (Å²) in [6.45, 7) is 2.15. The monoisotopic (exact) mass is 303 g/mol. The lowest BCUT2D eigenvalue weighted by Crippen LogP contribution is -2.48. The largest absolute Gasteiger partial charge is 0.469 e. The van der Waals surface area contributed by atoms with E-state index < -0.39 is 6.09 Å². The lowest BCUT2D eigenvalue weighted by molar-refractivity contribution is -0.146. The summed E-state index contributed by atoms with van der Waals surface area (Å²) in [4.78, 5) is 23.8. The lowest BCUT2D eigenvalue weighted by Gasteiger charge is -2.31. The van der Waals surface area contributed by atoms with Crippen molar-refractivity contribution < 1.29 is 19.1 Å². The van der Waals surface area contributed by atoms with Crippen LogP contribution in [0.3, 0.4) is 0 Å². The number of amides is 1. The Kier molecular flexibility index (Phi) is 5.58. The van der Waals surface area contributed by atoms with Gasteiger partial charge in [-0.05, 0) is 17.9 Å². The highest BCUT2D eigenvalue weighted by molar-refractivity contribution is 5.75. The van der Waals surface area contributed by atoms with E-state index in [1.165, 1.54) is 7.11 Å². The molecule has 2 rings (SSSR count). The number of ether oxygens (including phenoxy) is 2. The molecule has 1 aromatic rings. The van der Waals surface area contributed by atoms with Gasteiger partial charge in [0.2, 0.25) is 0 Å². The van der Waals surface area contributed by atoms with Crippen molar-refractivity contribution in [1.29, 1.82) is 0 Å². The highest BCUT2D eigenvalue weighted by atomic mass is 16.5.